The molecule has 0 saturated heterocycles. The number of likely N-dealkylation sites (N-methyl/N-ethyl adjacent to an activating group) is 1. The van der Waals surface area contributed by atoms with Crippen molar-refractivity contribution < 1.29 is 4.42 Å². The van der Waals surface area contributed by atoms with Gasteiger partial charge in [0.1, 0.15) is 5.52 Å². The van der Waals surface area contributed by atoms with Crippen molar-refractivity contribution in [3.05, 3.63) is 35.7 Å². The van der Waals surface area contributed by atoms with Gasteiger partial charge in [0.15, 0.2) is 5.58 Å². The molecule has 3 nitrogen and oxygen atoms in total. The van der Waals surface area contributed by atoms with Gasteiger partial charge in [-0.05, 0) is 38.1 Å². The van der Waals surface area contributed by atoms with Gasteiger partial charge in [-0.2, -0.15) is 0 Å². The van der Waals surface area contributed by atoms with Gasteiger partial charge in [0.05, 0.1) is 0 Å². The summed E-state index contributed by atoms with van der Waals surface area (Å²) >= 11 is 0. The summed E-state index contributed by atoms with van der Waals surface area (Å²) in [5.41, 5.74) is 4.24. The molecule has 0 amide bonds. The first-order chi connectivity index (χ1) is 8.22. The van der Waals surface area contributed by atoms with Crippen molar-refractivity contribution in [2.75, 3.05) is 20.1 Å². The van der Waals surface area contributed by atoms with Crippen LogP contribution in [0.25, 0.3) is 16.7 Å². The molecule has 3 heteroatoms. The van der Waals surface area contributed by atoms with Crippen molar-refractivity contribution in [3.63, 3.8) is 0 Å². The highest BCUT2D eigenvalue weighted by molar-refractivity contribution is 5.76. The largest absolute Gasteiger partial charge is 0.436 e. The van der Waals surface area contributed by atoms with Gasteiger partial charge in [0, 0.05) is 18.7 Å². The summed E-state index contributed by atoms with van der Waals surface area (Å²) in [5, 5.41) is 0. The van der Waals surface area contributed by atoms with Crippen molar-refractivity contribution in [1.82, 2.24) is 9.88 Å². The van der Waals surface area contributed by atoms with E-state index in [1.807, 2.05) is 6.07 Å². The van der Waals surface area contributed by atoms with Crippen LogP contribution in [-0.2, 0) is 0 Å². The summed E-state index contributed by atoms with van der Waals surface area (Å²) in [4.78, 5) is 6.86. The van der Waals surface area contributed by atoms with E-state index >= 15 is 0 Å². The highest BCUT2D eigenvalue weighted by Gasteiger charge is 2.15. The summed E-state index contributed by atoms with van der Waals surface area (Å²) in [6.45, 7) is 4.11. The zero-order chi connectivity index (χ0) is 11.8. The van der Waals surface area contributed by atoms with Crippen LogP contribution in [0.1, 0.15) is 17.9 Å². The maximum Gasteiger partial charge on any atom is 0.224 e. The predicted molar refractivity (Wildman–Crippen MR) is 68.8 cm³/mol. The van der Waals surface area contributed by atoms with Gasteiger partial charge in [-0.1, -0.05) is 12.1 Å². The van der Waals surface area contributed by atoms with Crippen LogP contribution < -0.4 is 0 Å². The first-order valence-corrected chi connectivity index (χ1v) is 5.97. The number of nitrogens with zero attached hydrogens (tertiary/aromatic N) is 2. The minimum Gasteiger partial charge on any atom is -0.436 e. The number of fused-ring (bicyclic) bond motifs is 1. The van der Waals surface area contributed by atoms with E-state index in [-0.39, 0.29) is 0 Å². The Morgan fingerprint density at radius 3 is 3.06 bits per heavy atom. The molecule has 0 N–H and O–H groups in total. The van der Waals surface area contributed by atoms with Gasteiger partial charge in [-0.15, -0.1) is 0 Å². The van der Waals surface area contributed by atoms with Crippen LogP contribution in [0.3, 0.4) is 0 Å². The van der Waals surface area contributed by atoms with Crippen molar-refractivity contribution in [3.8, 4) is 0 Å². The fourth-order valence-corrected chi connectivity index (χ4v) is 2.22. The quantitative estimate of drug-likeness (QED) is 0.751. The third-order valence-electron chi connectivity index (χ3n) is 3.16. The van der Waals surface area contributed by atoms with Crippen LogP contribution in [0, 0.1) is 6.92 Å². The summed E-state index contributed by atoms with van der Waals surface area (Å²) in [6.07, 6.45) is 3.31. The molecule has 88 valence electrons. The Morgan fingerprint density at radius 1 is 1.35 bits per heavy atom. The second-order valence-corrected chi connectivity index (χ2v) is 4.75. The second kappa shape index (κ2) is 4.00. The van der Waals surface area contributed by atoms with Gasteiger partial charge >= 0.3 is 0 Å². The summed E-state index contributed by atoms with van der Waals surface area (Å²) in [5.74, 6) is 0.775. The van der Waals surface area contributed by atoms with Crippen LogP contribution >= 0.6 is 0 Å². The SMILES string of the molecule is Cc1ccc2oc(C3=CCCN(C)C3)nc2c1. The molecule has 0 fully saturated rings. The van der Waals surface area contributed by atoms with E-state index in [9.17, 15) is 0 Å². The molecule has 1 aromatic heterocycles. The van der Waals surface area contributed by atoms with Gasteiger partial charge < -0.3 is 9.32 Å². The predicted octanol–water partition coefficient (Wildman–Crippen LogP) is 2.86. The van der Waals surface area contributed by atoms with E-state index in [4.69, 9.17) is 4.42 Å². The topological polar surface area (TPSA) is 29.3 Å². The van der Waals surface area contributed by atoms with Gasteiger partial charge in [-0.25, -0.2) is 4.98 Å². The maximum atomic E-state index is 5.80. The lowest BCUT2D eigenvalue weighted by Gasteiger charge is -2.20. The molecule has 0 unspecified atom stereocenters. The lowest BCUT2D eigenvalue weighted by Crippen LogP contribution is -2.24. The second-order valence-electron chi connectivity index (χ2n) is 4.75. The Bertz CT molecular complexity index is 583. The zero-order valence-corrected chi connectivity index (χ0v) is 10.2. The number of rotatable bonds is 1. The molecule has 0 atom stereocenters. The van der Waals surface area contributed by atoms with E-state index < -0.39 is 0 Å². The average molecular weight is 228 g/mol. The number of benzene rings is 1. The molecule has 0 spiro atoms. The number of hydrogen-bond donors (Lipinski definition) is 0. The van der Waals surface area contributed by atoms with Crippen molar-refractivity contribution in [1.29, 1.82) is 0 Å². The summed E-state index contributed by atoms with van der Waals surface area (Å²) in [7, 11) is 2.12. The fourth-order valence-electron chi connectivity index (χ4n) is 2.22. The van der Waals surface area contributed by atoms with Gasteiger partial charge in [-0.3, -0.25) is 0 Å². The molecule has 2 heterocycles. The van der Waals surface area contributed by atoms with E-state index in [1.165, 1.54) is 11.1 Å². The summed E-state index contributed by atoms with van der Waals surface area (Å²) < 4.78 is 5.80. The van der Waals surface area contributed by atoms with Crippen LogP contribution in [-0.4, -0.2) is 30.0 Å². The van der Waals surface area contributed by atoms with Crippen molar-refractivity contribution in [2.45, 2.75) is 13.3 Å². The molecule has 2 aromatic rings. The molecule has 1 aromatic carbocycles. The number of hydrogen-bond acceptors (Lipinski definition) is 3. The summed E-state index contributed by atoms with van der Waals surface area (Å²) in [6, 6.07) is 6.11. The lowest BCUT2D eigenvalue weighted by atomic mass is 10.1. The minimum absolute atomic E-state index is 0.775. The third-order valence-corrected chi connectivity index (χ3v) is 3.16. The Kier molecular flexibility index (Phi) is 2.48. The standard InChI is InChI=1S/C14H16N2O/c1-10-5-6-13-12(8-10)15-14(17-13)11-4-3-7-16(2)9-11/h4-6,8H,3,7,9H2,1-2H3. The Morgan fingerprint density at radius 2 is 2.24 bits per heavy atom. The normalized spacial score (nSPS) is 17.4. The van der Waals surface area contributed by atoms with E-state index in [0.29, 0.717) is 0 Å². The van der Waals surface area contributed by atoms with Gasteiger partial charge in [0.2, 0.25) is 5.89 Å². The third kappa shape index (κ3) is 1.98. The molecule has 1 aliphatic heterocycles. The average Bonchev–Trinajstić information content (AvgIpc) is 2.72. The molecule has 0 bridgehead atoms. The Balaban J connectivity index is 2.03. The van der Waals surface area contributed by atoms with Crippen LogP contribution in [0.4, 0.5) is 0 Å². The smallest absolute Gasteiger partial charge is 0.224 e. The van der Waals surface area contributed by atoms with Crippen LogP contribution in [0.15, 0.2) is 28.7 Å². The first kappa shape index (κ1) is 10.5. The van der Waals surface area contributed by atoms with Crippen molar-refractivity contribution in [2.24, 2.45) is 0 Å². The van der Waals surface area contributed by atoms with E-state index in [0.717, 1.165) is 36.5 Å². The number of aryl methyl sites for hydroxylation is 1. The fraction of sp³-hybridized carbons (Fsp3) is 0.357. The molecule has 3 rings (SSSR count). The van der Waals surface area contributed by atoms with Crippen LogP contribution in [0.5, 0.6) is 0 Å². The zero-order valence-electron chi connectivity index (χ0n) is 10.2. The Labute approximate surface area is 101 Å². The number of aromatic nitrogens is 1. The molecule has 0 radical (unpaired) electrons. The molecular formula is C14H16N2O. The van der Waals surface area contributed by atoms with E-state index in [1.54, 1.807) is 0 Å². The Hall–Kier alpha value is -1.61. The van der Waals surface area contributed by atoms with E-state index in [2.05, 4.69) is 42.1 Å². The lowest BCUT2D eigenvalue weighted by molar-refractivity contribution is 0.368. The van der Waals surface area contributed by atoms with Crippen molar-refractivity contribution >= 4 is 16.7 Å². The van der Waals surface area contributed by atoms with Gasteiger partial charge in [0.25, 0.3) is 0 Å². The molecular weight excluding hydrogens is 212 g/mol. The molecule has 17 heavy (non-hydrogen) atoms. The monoisotopic (exact) mass is 228 g/mol. The maximum absolute atomic E-state index is 5.80. The molecule has 1 aliphatic rings. The highest BCUT2D eigenvalue weighted by atomic mass is 16.3. The van der Waals surface area contributed by atoms with Crippen LogP contribution in [0.2, 0.25) is 0 Å². The molecule has 0 aliphatic carbocycles. The number of oxazole rings is 1. The first-order valence-electron chi connectivity index (χ1n) is 5.97. The highest BCUT2D eigenvalue weighted by Crippen LogP contribution is 2.24. The minimum atomic E-state index is 0.775. The molecule has 0 saturated carbocycles.